The number of β-amino-alcohol motifs (C(OH)–C–C–N with tert-alkyl or cyclic N) is 1. The molecular weight excluding hydrogens is 537 g/mol. The first-order valence-corrected chi connectivity index (χ1v) is 11.8. The van der Waals surface area contributed by atoms with Gasteiger partial charge in [0.1, 0.15) is 23.2 Å². The normalized spacial score (nSPS) is 17.2. The van der Waals surface area contributed by atoms with Crippen LogP contribution in [0.25, 0.3) is 22.5 Å². The van der Waals surface area contributed by atoms with Crippen molar-refractivity contribution in [3.05, 3.63) is 60.9 Å². The molecule has 39 heavy (non-hydrogen) atoms. The molecule has 10 nitrogen and oxygen atoms in total. The lowest BCUT2D eigenvalue weighted by Crippen LogP contribution is -2.49. The average molecular weight is 563 g/mol. The fourth-order valence-corrected chi connectivity index (χ4v) is 4.46. The molecular formula is C25H26ClF3N8O2. The van der Waals surface area contributed by atoms with E-state index in [1.165, 1.54) is 44.0 Å². The quantitative estimate of drug-likeness (QED) is 0.306. The molecule has 0 unspecified atom stereocenters. The Kier molecular flexibility index (Phi) is 8.53. The van der Waals surface area contributed by atoms with Crippen molar-refractivity contribution >= 4 is 29.7 Å². The highest BCUT2D eigenvalue weighted by Gasteiger charge is 2.26. The number of ether oxygens (including phenoxy) is 1. The number of methoxy groups -OCH3 is 1. The standard InChI is InChI=1S/C25H25F3N8O2.ClH/c1-38-20-4-2-3-18(26)23(20)24-30-6-5-21(34-24)33-22-8-19(35-12-15(29)7-16(37)13-35)17(10-31-22)14-9-32-36(11-14)25(27)28;/h2-6,8-11,15-16,25,37H,7,12-13,29H2,1H3,(H,30,31,33,34);1H/t15-,16-;/m0./s1. The Hall–Kier alpha value is -3.94. The molecule has 4 aromatic rings. The number of alkyl halides is 2. The summed E-state index contributed by atoms with van der Waals surface area (Å²) in [7, 11) is 1.43. The van der Waals surface area contributed by atoms with Crippen LogP contribution in [0.2, 0.25) is 0 Å². The number of benzene rings is 1. The third-order valence-electron chi connectivity index (χ3n) is 6.13. The molecule has 1 aromatic carbocycles. The van der Waals surface area contributed by atoms with Gasteiger partial charge in [-0.05, 0) is 24.6 Å². The molecule has 1 aliphatic rings. The van der Waals surface area contributed by atoms with Crippen molar-refractivity contribution in [1.29, 1.82) is 0 Å². The van der Waals surface area contributed by atoms with Crippen LogP contribution in [0.1, 0.15) is 13.0 Å². The lowest BCUT2D eigenvalue weighted by molar-refractivity contribution is 0.0566. The molecule has 0 radical (unpaired) electrons. The molecule has 0 saturated carbocycles. The van der Waals surface area contributed by atoms with Gasteiger partial charge in [0.15, 0.2) is 5.82 Å². The highest BCUT2D eigenvalue weighted by atomic mass is 35.5. The summed E-state index contributed by atoms with van der Waals surface area (Å²) in [6.45, 7) is -2.04. The van der Waals surface area contributed by atoms with E-state index in [1.807, 2.05) is 4.90 Å². The summed E-state index contributed by atoms with van der Waals surface area (Å²) in [6, 6.07) is 7.47. The number of aromatic nitrogens is 5. The molecule has 5 rings (SSSR count). The number of piperidine rings is 1. The summed E-state index contributed by atoms with van der Waals surface area (Å²) in [6.07, 6.45) is 5.37. The number of pyridine rings is 1. The number of anilines is 3. The van der Waals surface area contributed by atoms with E-state index >= 15 is 0 Å². The van der Waals surface area contributed by atoms with Gasteiger partial charge in [-0.25, -0.2) is 24.0 Å². The number of aliphatic hydroxyl groups is 1. The van der Waals surface area contributed by atoms with Crippen molar-refractivity contribution in [2.75, 3.05) is 30.4 Å². The summed E-state index contributed by atoms with van der Waals surface area (Å²) in [5.41, 5.74) is 7.87. The van der Waals surface area contributed by atoms with Gasteiger partial charge in [0.25, 0.3) is 0 Å². The minimum absolute atomic E-state index is 0. The lowest BCUT2D eigenvalue weighted by Gasteiger charge is -2.36. The molecule has 2 atom stereocenters. The molecule has 0 bridgehead atoms. The van der Waals surface area contributed by atoms with Crippen molar-refractivity contribution in [2.45, 2.75) is 25.1 Å². The van der Waals surface area contributed by atoms with Crippen LogP contribution < -0.4 is 20.7 Å². The molecule has 4 heterocycles. The van der Waals surface area contributed by atoms with Gasteiger partial charge in [-0.2, -0.15) is 13.9 Å². The number of nitrogens with two attached hydrogens (primary N) is 1. The second kappa shape index (κ2) is 11.8. The van der Waals surface area contributed by atoms with Crippen molar-refractivity contribution in [3.8, 4) is 28.3 Å². The lowest BCUT2D eigenvalue weighted by atomic mass is 10.0. The average Bonchev–Trinajstić information content (AvgIpc) is 3.39. The minimum Gasteiger partial charge on any atom is -0.496 e. The molecule has 4 N–H and O–H groups in total. The smallest absolute Gasteiger partial charge is 0.333 e. The van der Waals surface area contributed by atoms with Crippen LogP contribution in [0.3, 0.4) is 0 Å². The predicted molar refractivity (Wildman–Crippen MR) is 142 cm³/mol. The van der Waals surface area contributed by atoms with E-state index in [9.17, 15) is 18.3 Å². The molecule has 1 saturated heterocycles. The number of nitrogens with zero attached hydrogens (tertiary/aromatic N) is 6. The Morgan fingerprint density at radius 2 is 1.97 bits per heavy atom. The summed E-state index contributed by atoms with van der Waals surface area (Å²) in [5, 5.41) is 17.2. The Morgan fingerprint density at radius 1 is 1.15 bits per heavy atom. The van der Waals surface area contributed by atoms with E-state index in [0.29, 0.717) is 52.6 Å². The monoisotopic (exact) mass is 562 g/mol. The Morgan fingerprint density at radius 3 is 2.69 bits per heavy atom. The van der Waals surface area contributed by atoms with Gasteiger partial charge in [-0.3, -0.25) is 0 Å². The van der Waals surface area contributed by atoms with Crippen LogP contribution in [-0.4, -0.2) is 62.2 Å². The van der Waals surface area contributed by atoms with Crippen LogP contribution in [-0.2, 0) is 0 Å². The van der Waals surface area contributed by atoms with Crippen molar-refractivity contribution in [3.63, 3.8) is 0 Å². The van der Waals surface area contributed by atoms with Gasteiger partial charge in [-0.1, -0.05) is 6.07 Å². The van der Waals surface area contributed by atoms with Gasteiger partial charge in [0, 0.05) is 54.9 Å². The number of hydrogen-bond acceptors (Lipinski definition) is 9. The van der Waals surface area contributed by atoms with Crippen LogP contribution in [0.15, 0.2) is 55.1 Å². The van der Waals surface area contributed by atoms with E-state index in [1.54, 1.807) is 18.2 Å². The van der Waals surface area contributed by atoms with E-state index in [-0.39, 0.29) is 35.6 Å². The summed E-state index contributed by atoms with van der Waals surface area (Å²) in [5.74, 6) is 0.592. The van der Waals surface area contributed by atoms with Gasteiger partial charge in [0.05, 0.1) is 30.7 Å². The van der Waals surface area contributed by atoms with Gasteiger partial charge in [-0.15, -0.1) is 12.4 Å². The van der Waals surface area contributed by atoms with E-state index in [4.69, 9.17) is 10.5 Å². The summed E-state index contributed by atoms with van der Waals surface area (Å²) >= 11 is 0. The second-order valence-electron chi connectivity index (χ2n) is 8.84. The SMILES string of the molecule is COc1cccc(F)c1-c1nccc(Nc2cc(N3C[C@@H](N)C[C@H](O)C3)c(-c3cnn(C(F)F)c3)cn2)n1.Cl. The second-order valence-corrected chi connectivity index (χ2v) is 8.84. The van der Waals surface area contributed by atoms with Gasteiger partial charge < -0.3 is 25.8 Å². The highest BCUT2D eigenvalue weighted by Crippen LogP contribution is 2.35. The minimum atomic E-state index is -2.79. The van der Waals surface area contributed by atoms with E-state index in [0.717, 1.165) is 0 Å². The maximum absolute atomic E-state index is 14.6. The number of rotatable bonds is 7. The van der Waals surface area contributed by atoms with Gasteiger partial charge >= 0.3 is 6.55 Å². The molecule has 0 spiro atoms. The van der Waals surface area contributed by atoms with E-state index in [2.05, 4.69) is 25.4 Å². The van der Waals surface area contributed by atoms with Crippen LogP contribution in [0.4, 0.5) is 30.5 Å². The Bertz CT molecular complexity index is 1430. The largest absolute Gasteiger partial charge is 0.496 e. The molecule has 0 amide bonds. The zero-order chi connectivity index (χ0) is 26.8. The third kappa shape index (κ3) is 6.05. The molecule has 3 aromatic heterocycles. The molecule has 206 valence electrons. The third-order valence-corrected chi connectivity index (χ3v) is 6.13. The number of hydrogen-bond donors (Lipinski definition) is 3. The van der Waals surface area contributed by atoms with Crippen molar-refractivity contribution in [2.24, 2.45) is 5.73 Å². The van der Waals surface area contributed by atoms with Gasteiger partial charge in [0.2, 0.25) is 0 Å². The first-order valence-electron chi connectivity index (χ1n) is 11.8. The maximum atomic E-state index is 14.6. The first kappa shape index (κ1) is 28.1. The molecule has 0 aliphatic carbocycles. The molecule has 1 fully saturated rings. The maximum Gasteiger partial charge on any atom is 0.333 e. The van der Waals surface area contributed by atoms with Crippen molar-refractivity contribution < 1.29 is 23.0 Å². The molecule has 14 heteroatoms. The van der Waals surface area contributed by atoms with Crippen LogP contribution in [0.5, 0.6) is 5.75 Å². The number of nitrogens with one attached hydrogen (secondary N) is 1. The van der Waals surface area contributed by atoms with Crippen LogP contribution >= 0.6 is 12.4 Å². The Labute approximate surface area is 228 Å². The number of halogens is 4. The summed E-state index contributed by atoms with van der Waals surface area (Å²) in [4.78, 5) is 14.9. The fraction of sp³-hybridized carbons (Fsp3) is 0.280. The zero-order valence-corrected chi connectivity index (χ0v) is 21.5. The highest BCUT2D eigenvalue weighted by molar-refractivity contribution is 5.85. The molecule has 1 aliphatic heterocycles. The van der Waals surface area contributed by atoms with E-state index < -0.39 is 18.5 Å². The fourth-order valence-electron chi connectivity index (χ4n) is 4.46. The topological polar surface area (TPSA) is 127 Å². The first-order chi connectivity index (χ1) is 18.3. The van der Waals surface area contributed by atoms with Crippen molar-refractivity contribution in [1.82, 2.24) is 24.7 Å². The summed E-state index contributed by atoms with van der Waals surface area (Å²) < 4.78 is 46.7. The Balaban J connectivity index is 0.00000353. The number of aliphatic hydroxyl groups excluding tert-OH is 1. The van der Waals surface area contributed by atoms with Crippen LogP contribution in [0, 0.1) is 5.82 Å². The zero-order valence-electron chi connectivity index (χ0n) is 20.7. The predicted octanol–water partition coefficient (Wildman–Crippen LogP) is 4.01.